The molecule has 7 heteroatoms. The van der Waals surface area contributed by atoms with Gasteiger partial charge in [-0.2, -0.15) is 4.31 Å². The van der Waals surface area contributed by atoms with Crippen LogP contribution in [0.4, 0.5) is 0 Å². The molecule has 2 unspecified atom stereocenters. The van der Waals surface area contributed by atoms with E-state index in [1.165, 1.54) is 11.2 Å². The Morgan fingerprint density at radius 3 is 2.80 bits per heavy atom. The van der Waals surface area contributed by atoms with Crippen molar-refractivity contribution in [3.63, 3.8) is 0 Å². The smallest absolute Gasteiger partial charge is 0.223 e. The van der Waals surface area contributed by atoms with E-state index in [1.807, 2.05) is 0 Å². The second-order valence-electron chi connectivity index (χ2n) is 3.68. The average molecular weight is 252 g/mol. The van der Waals surface area contributed by atoms with E-state index in [-0.39, 0.29) is 17.6 Å². The summed E-state index contributed by atoms with van der Waals surface area (Å²) in [5.41, 5.74) is 5.34. The van der Waals surface area contributed by atoms with Crippen LogP contribution in [0.25, 0.3) is 0 Å². The van der Waals surface area contributed by atoms with Crippen molar-refractivity contribution in [3.05, 3.63) is 0 Å². The fourth-order valence-corrected chi connectivity index (χ4v) is 3.71. The van der Waals surface area contributed by atoms with Gasteiger partial charge in [0.25, 0.3) is 0 Å². The molecule has 0 aliphatic carbocycles. The van der Waals surface area contributed by atoms with E-state index in [1.54, 1.807) is 0 Å². The van der Waals surface area contributed by atoms with Crippen molar-refractivity contribution in [2.45, 2.75) is 31.1 Å². The van der Waals surface area contributed by atoms with Gasteiger partial charge >= 0.3 is 0 Å². The molecule has 0 bridgehead atoms. The predicted molar refractivity (Wildman–Crippen MR) is 62.0 cm³/mol. The minimum Gasteiger partial charge on any atom is -0.395 e. The first-order chi connectivity index (χ1) is 6.91. The van der Waals surface area contributed by atoms with Crippen LogP contribution in [0.5, 0.6) is 0 Å². The maximum Gasteiger partial charge on any atom is 0.223 e. The lowest BCUT2D eigenvalue weighted by molar-refractivity contribution is 0.213. The Bertz CT molecular complexity index is 342. The molecule has 0 radical (unpaired) electrons. The van der Waals surface area contributed by atoms with E-state index in [2.05, 4.69) is 12.2 Å². The largest absolute Gasteiger partial charge is 0.395 e. The minimum absolute atomic E-state index is 0.0291. The van der Waals surface area contributed by atoms with Crippen LogP contribution in [0.15, 0.2) is 0 Å². The number of nitrogens with two attached hydrogens (primary N) is 1. The Hall–Kier alpha value is -0.240. The van der Waals surface area contributed by atoms with Gasteiger partial charge in [-0.15, -0.1) is 0 Å². The van der Waals surface area contributed by atoms with Crippen molar-refractivity contribution in [2.24, 2.45) is 5.73 Å². The highest BCUT2D eigenvalue weighted by atomic mass is 32.2. The summed E-state index contributed by atoms with van der Waals surface area (Å²) in [6.07, 6.45) is 1.47. The van der Waals surface area contributed by atoms with E-state index in [0.29, 0.717) is 13.0 Å². The maximum absolute atomic E-state index is 12.0. The third kappa shape index (κ3) is 2.47. The molecule has 3 N–H and O–H groups in total. The number of hydrogen-bond acceptors (Lipinski definition) is 4. The van der Waals surface area contributed by atoms with Crippen LogP contribution < -0.4 is 5.73 Å². The Balaban J connectivity index is 2.90. The standard InChI is InChI=1S/C8H16N2O3S2/c1-6(8(9)14)15(12,13)10-4-2-3-7(10)5-11/h6-7,11H,2-5H2,1H3,(H2,9,14). The molecule has 1 aliphatic heterocycles. The lowest BCUT2D eigenvalue weighted by Crippen LogP contribution is -2.46. The number of hydrogen-bond donors (Lipinski definition) is 2. The number of aliphatic hydroxyl groups is 1. The fraction of sp³-hybridized carbons (Fsp3) is 0.875. The van der Waals surface area contributed by atoms with Gasteiger partial charge in [0.1, 0.15) is 5.25 Å². The van der Waals surface area contributed by atoms with Crippen LogP contribution in [-0.4, -0.2) is 47.3 Å². The Kier molecular flexibility index (Phi) is 4.05. The van der Waals surface area contributed by atoms with Gasteiger partial charge in [-0.1, -0.05) is 12.2 Å². The molecule has 1 aliphatic rings. The molecular formula is C8H16N2O3S2. The summed E-state index contributed by atoms with van der Waals surface area (Å²) in [7, 11) is -3.49. The number of sulfonamides is 1. The minimum atomic E-state index is -3.49. The number of nitrogens with zero attached hydrogens (tertiary/aromatic N) is 1. The van der Waals surface area contributed by atoms with Gasteiger partial charge < -0.3 is 10.8 Å². The van der Waals surface area contributed by atoms with E-state index < -0.39 is 15.3 Å². The first kappa shape index (κ1) is 12.8. The van der Waals surface area contributed by atoms with E-state index in [0.717, 1.165) is 6.42 Å². The Morgan fingerprint density at radius 2 is 2.33 bits per heavy atom. The first-order valence-electron chi connectivity index (χ1n) is 4.82. The normalized spacial score (nSPS) is 25.3. The van der Waals surface area contributed by atoms with Gasteiger partial charge in [-0.25, -0.2) is 8.42 Å². The van der Waals surface area contributed by atoms with Gasteiger partial charge in [0.15, 0.2) is 0 Å². The molecule has 1 saturated heterocycles. The lowest BCUT2D eigenvalue weighted by Gasteiger charge is -2.25. The zero-order chi connectivity index (χ0) is 11.6. The van der Waals surface area contributed by atoms with Crippen LogP contribution >= 0.6 is 12.2 Å². The van der Waals surface area contributed by atoms with Gasteiger partial charge in [0.2, 0.25) is 10.0 Å². The molecule has 5 nitrogen and oxygen atoms in total. The predicted octanol–water partition coefficient (Wildman–Crippen LogP) is -0.552. The number of rotatable bonds is 4. The molecule has 88 valence electrons. The molecule has 0 aromatic rings. The molecule has 1 fully saturated rings. The summed E-state index contributed by atoms with van der Waals surface area (Å²) in [5, 5.41) is 8.19. The van der Waals surface area contributed by atoms with Crippen LogP contribution in [0.2, 0.25) is 0 Å². The van der Waals surface area contributed by atoms with Crippen LogP contribution in [-0.2, 0) is 10.0 Å². The second-order valence-corrected chi connectivity index (χ2v) is 6.36. The van der Waals surface area contributed by atoms with Crippen LogP contribution in [0.1, 0.15) is 19.8 Å². The summed E-state index contributed by atoms with van der Waals surface area (Å²) in [4.78, 5) is -0.0291. The Labute approximate surface area is 95.3 Å². The average Bonchev–Trinajstić information content (AvgIpc) is 2.64. The molecule has 2 atom stereocenters. The highest BCUT2D eigenvalue weighted by molar-refractivity contribution is 7.92. The summed E-state index contributed by atoms with van der Waals surface area (Å²) >= 11 is 4.69. The second kappa shape index (κ2) is 4.73. The molecule has 15 heavy (non-hydrogen) atoms. The quantitative estimate of drug-likeness (QED) is 0.656. The first-order valence-corrected chi connectivity index (χ1v) is 6.73. The molecule has 1 heterocycles. The highest BCUT2D eigenvalue weighted by Crippen LogP contribution is 2.23. The van der Waals surface area contributed by atoms with Gasteiger partial charge in [0, 0.05) is 12.6 Å². The highest BCUT2D eigenvalue weighted by Gasteiger charge is 2.37. The summed E-state index contributed by atoms with van der Waals surface area (Å²) < 4.78 is 25.3. The molecule has 0 aromatic heterocycles. The monoisotopic (exact) mass is 252 g/mol. The third-order valence-corrected chi connectivity index (χ3v) is 5.49. The van der Waals surface area contributed by atoms with E-state index in [4.69, 9.17) is 10.8 Å². The fourth-order valence-electron chi connectivity index (χ4n) is 1.68. The van der Waals surface area contributed by atoms with Gasteiger partial charge in [-0.05, 0) is 19.8 Å². The maximum atomic E-state index is 12.0. The SMILES string of the molecule is CC(C(N)=S)S(=O)(=O)N1CCCC1CO. The Morgan fingerprint density at radius 1 is 1.73 bits per heavy atom. The lowest BCUT2D eigenvalue weighted by atomic mass is 10.2. The van der Waals surface area contributed by atoms with Crippen molar-refractivity contribution in [1.29, 1.82) is 0 Å². The molecule has 0 amide bonds. The van der Waals surface area contributed by atoms with E-state index in [9.17, 15) is 8.42 Å². The zero-order valence-corrected chi connectivity index (χ0v) is 10.2. The summed E-state index contributed by atoms with van der Waals surface area (Å²) in [5.74, 6) is 0. The molecule has 0 saturated carbocycles. The van der Waals surface area contributed by atoms with E-state index >= 15 is 0 Å². The topological polar surface area (TPSA) is 83.6 Å². The van der Waals surface area contributed by atoms with Crippen LogP contribution in [0, 0.1) is 0 Å². The molecule has 0 spiro atoms. The number of aliphatic hydroxyl groups excluding tert-OH is 1. The van der Waals surface area contributed by atoms with Crippen molar-refractivity contribution in [1.82, 2.24) is 4.31 Å². The van der Waals surface area contributed by atoms with Crippen molar-refractivity contribution in [2.75, 3.05) is 13.2 Å². The van der Waals surface area contributed by atoms with Gasteiger partial charge in [-0.3, -0.25) is 0 Å². The van der Waals surface area contributed by atoms with Crippen LogP contribution in [0.3, 0.4) is 0 Å². The molecular weight excluding hydrogens is 236 g/mol. The van der Waals surface area contributed by atoms with Gasteiger partial charge in [0.05, 0.1) is 11.6 Å². The van der Waals surface area contributed by atoms with Crippen molar-refractivity contribution >= 4 is 27.2 Å². The van der Waals surface area contributed by atoms with Crippen molar-refractivity contribution < 1.29 is 13.5 Å². The number of thiocarbonyl (C=S) groups is 1. The summed E-state index contributed by atoms with van der Waals surface area (Å²) in [6.45, 7) is 1.77. The van der Waals surface area contributed by atoms with Crippen molar-refractivity contribution in [3.8, 4) is 0 Å². The summed E-state index contributed by atoms with van der Waals surface area (Å²) in [6, 6.07) is -0.313. The molecule has 0 aromatic carbocycles. The third-order valence-electron chi connectivity index (χ3n) is 2.71. The zero-order valence-electron chi connectivity index (χ0n) is 8.59. The molecule has 1 rings (SSSR count).